The van der Waals surface area contributed by atoms with Crippen molar-refractivity contribution in [2.24, 2.45) is 5.92 Å². The van der Waals surface area contributed by atoms with Crippen molar-refractivity contribution in [2.45, 2.75) is 52.6 Å². The molecule has 3 nitrogen and oxygen atoms in total. The van der Waals surface area contributed by atoms with Gasteiger partial charge in [-0.25, -0.2) is 0 Å². The number of aromatic nitrogens is 2. The zero-order chi connectivity index (χ0) is 15.5. The molecule has 0 radical (unpaired) electrons. The molecule has 1 aromatic carbocycles. The molecule has 0 aliphatic carbocycles. The molecule has 0 aliphatic rings. The maximum absolute atomic E-state index is 3.99. The number of nitrogens with zero attached hydrogens (tertiary/aromatic N) is 1. The Morgan fingerprint density at radius 1 is 1.10 bits per heavy atom. The highest BCUT2D eigenvalue weighted by molar-refractivity contribution is 5.29. The summed E-state index contributed by atoms with van der Waals surface area (Å²) in [5.41, 5.74) is 4.04. The molecular formula is C18H27N3. The SMILES string of the molecule is CC(C)C(NCc1ccn[nH]1)c1ccc(C(C)(C)C)cc1. The molecule has 1 unspecified atom stereocenters. The Kier molecular flexibility index (Phi) is 4.84. The van der Waals surface area contributed by atoms with E-state index in [0.717, 1.165) is 12.2 Å². The van der Waals surface area contributed by atoms with Gasteiger partial charge in [-0.1, -0.05) is 58.9 Å². The first-order valence-electron chi connectivity index (χ1n) is 7.70. The van der Waals surface area contributed by atoms with Crippen LogP contribution in [0, 0.1) is 5.92 Å². The lowest BCUT2D eigenvalue weighted by Gasteiger charge is -2.25. The summed E-state index contributed by atoms with van der Waals surface area (Å²) in [4.78, 5) is 0. The van der Waals surface area contributed by atoms with Crippen molar-refractivity contribution < 1.29 is 0 Å². The van der Waals surface area contributed by atoms with Crippen LogP contribution in [0.25, 0.3) is 0 Å². The molecule has 0 amide bonds. The highest BCUT2D eigenvalue weighted by Crippen LogP contribution is 2.26. The molecule has 1 atom stereocenters. The summed E-state index contributed by atoms with van der Waals surface area (Å²) >= 11 is 0. The van der Waals surface area contributed by atoms with E-state index in [1.54, 1.807) is 6.20 Å². The van der Waals surface area contributed by atoms with E-state index in [-0.39, 0.29) is 5.41 Å². The first kappa shape index (κ1) is 15.8. The van der Waals surface area contributed by atoms with Gasteiger partial charge in [0.2, 0.25) is 0 Å². The van der Waals surface area contributed by atoms with E-state index in [0.29, 0.717) is 12.0 Å². The summed E-state index contributed by atoms with van der Waals surface area (Å²) < 4.78 is 0. The van der Waals surface area contributed by atoms with Gasteiger partial charge in [-0.2, -0.15) is 5.10 Å². The van der Waals surface area contributed by atoms with E-state index in [1.807, 2.05) is 6.07 Å². The summed E-state index contributed by atoms with van der Waals surface area (Å²) in [5, 5.41) is 10.6. The van der Waals surface area contributed by atoms with Crippen molar-refractivity contribution in [3.63, 3.8) is 0 Å². The van der Waals surface area contributed by atoms with Crippen molar-refractivity contribution in [3.8, 4) is 0 Å². The average molecular weight is 285 g/mol. The van der Waals surface area contributed by atoms with Gasteiger partial charge in [0.05, 0.1) is 0 Å². The summed E-state index contributed by atoms with van der Waals surface area (Å²) in [5.74, 6) is 0.536. The van der Waals surface area contributed by atoms with Crippen LogP contribution < -0.4 is 5.32 Å². The van der Waals surface area contributed by atoms with Gasteiger partial charge in [0.25, 0.3) is 0 Å². The van der Waals surface area contributed by atoms with E-state index in [2.05, 4.69) is 74.4 Å². The Morgan fingerprint density at radius 2 is 1.76 bits per heavy atom. The zero-order valence-corrected chi connectivity index (χ0v) is 13.8. The fourth-order valence-corrected chi connectivity index (χ4v) is 2.53. The maximum atomic E-state index is 3.99. The van der Waals surface area contributed by atoms with Crippen LogP contribution in [0.5, 0.6) is 0 Å². The second-order valence-corrected chi connectivity index (χ2v) is 7.06. The Labute approximate surface area is 128 Å². The summed E-state index contributed by atoms with van der Waals surface area (Å²) in [6.45, 7) is 12.1. The van der Waals surface area contributed by atoms with E-state index in [4.69, 9.17) is 0 Å². The van der Waals surface area contributed by atoms with Gasteiger partial charge in [-0.05, 0) is 28.5 Å². The molecule has 2 aromatic rings. The lowest BCUT2D eigenvalue weighted by atomic mass is 9.85. The van der Waals surface area contributed by atoms with E-state index >= 15 is 0 Å². The number of H-pyrrole nitrogens is 1. The maximum Gasteiger partial charge on any atom is 0.0490 e. The van der Waals surface area contributed by atoms with Gasteiger partial charge < -0.3 is 5.32 Å². The van der Waals surface area contributed by atoms with Gasteiger partial charge >= 0.3 is 0 Å². The minimum absolute atomic E-state index is 0.204. The van der Waals surface area contributed by atoms with Crippen molar-refractivity contribution in [2.75, 3.05) is 0 Å². The minimum Gasteiger partial charge on any atom is -0.304 e. The van der Waals surface area contributed by atoms with Crippen LogP contribution in [-0.2, 0) is 12.0 Å². The highest BCUT2D eigenvalue weighted by Gasteiger charge is 2.18. The molecule has 21 heavy (non-hydrogen) atoms. The number of aromatic amines is 1. The lowest BCUT2D eigenvalue weighted by Crippen LogP contribution is -2.25. The topological polar surface area (TPSA) is 40.7 Å². The van der Waals surface area contributed by atoms with Gasteiger partial charge in [0, 0.05) is 24.5 Å². The van der Waals surface area contributed by atoms with E-state index < -0.39 is 0 Å². The van der Waals surface area contributed by atoms with E-state index in [9.17, 15) is 0 Å². The van der Waals surface area contributed by atoms with Crippen molar-refractivity contribution >= 4 is 0 Å². The first-order valence-corrected chi connectivity index (χ1v) is 7.70. The Hall–Kier alpha value is -1.61. The molecular weight excluding hydrogens is 258 g/mol. The van der Waals surface area contributed by atoms with Crippen LogP contribution in [0.4, 0.5) is 0 Å². The minimum atomic E-state index is 0.204. The molecule has 1 aromatic heterocycles. The summed E-state index contributed by atoms with van der Waals surface area (Å²) in [6, 6.07) is 11.4. The fourth-order valence-electron chi connectivity index (χ4n) is 2.53. The average Bonchev–Trinajstić information content (AvgIpc) is 2.91. The number of hydrogen-bond donors (Lipinski definition) is 2. The molecule has 0 saturated heterocycles. The van der Waals surface area contributed by atoms with Crippen LogP contribution in [-0.4, -0.2) is 10.2 Å². The number of nitrogens with one attached hydrogen (secondary N) is 2. The predicted molar refractivity (Wildman–Crippen MR) is 88.1 cm³/mol. The lowest BCUT2D eigenvalue weighted by molar-refractivity contribution is 0.408. The van der Waals surface area contributed by atoms with Crippen LogP contribution in [0.1, 0.15) is 57.5 Å². The van der Waals surface area contributed by atoms with Crippen LogP contribution in [0.15, 0.2) is 36.5 Å². The molecule has 0 bridgehead atoms. The Bertz CT molecular complexity index is 533. The number of hydrogen-bond acceptors (Lipinski definition) is 2. The number of rotatable bonds is 5. The van der Waals surface area contributed by atoms with Crippen LogP contribution in [0.3, 0.4) is 0 Å². The molecule has 2 N–H and O–H groups in total. The summed E-state index contributed by atoms with van der Waals surface area (Å²) in [6.07, 6.45) is 1.79. The predicted octanol–water partition coefficient (Wildman–Crippen LogP) is 4.19. The largest absolute Gasteiger partial charge is 0.304 e. The molecule has 0 spiro atoms. The highest BCUT2D eigenvalue weighted by atomic mass is 15.1. The first-order chi connectivity index (χ1) is 9.88. The van der Waals surface area contributed by atoms with Gasteiger partial charge in [-0.15, -0.1) is 0 Å². The molecule has 0 fully saturated rings. The quantitative estimate of drug-likeness (QED) is 0.864. The zero-order valence-electron chi connectivity index (χ0n) is 13.8. The second-order valence-electron chi connectivity index (χ2n) is 7.06. The standard InChI is InChI=1S/C18H27N3/c1-13(2)17(19-12-16-10-11-20-21-16)14-6-8-15(9-7-14)18(3,4)5/h6-11,13,17,19H,12H2,1-5H3,(H,20,21). The monoisotopic (exact) mass is 285 g/mol. The fraction of sp³-hybridized carbons (Fsp3) is 0.500. The number of benzene rings is 1. The van der Waals surface area contributed by atoms with Crippen LogP contribution in [0.2, 0.25) is 0 Å². The molecule has 0 saturated carbocycles. The molecule has 2 rings (SSSR count). The Morgan fingerprint density at radius 3 is 2.24 bits per heavy atom. The third-order valence-electron chi connectivity index (χ3n) is 3.87. The third kappa shape index (κ3) is 4.18. The molecule has 3 heteroatoms. The molecule has 114 valence electrons. The third-order valence-corrected chi connectivity index (χ3v) is 3.87. The van der Waals surface area contributed by atoms with Crippen molar-refractivity contribution in [1.29, 1.82) is 0 Å². The van der Waals surface area contributed by atoms with Gasteiger partial charge in [0.1, 0.15) is 0 Å². The smallest absolute Gasteiger partial charge is 0.0490 e. The van der Waals surface area contributed by atoms with Crippen molar-refractivity contribution in [3.05, 3.63) is 53.3 Å². The van der Waals surface area contributed by atoms with E-state index in [1.165, 1.54) is 11.1 Å². The second kappa shape index (κ2) is 6.44. The molecule has 0 aliphatic heterocycles. The Balaban J connectivity index is 2.11. The van der Waals surface area contributed by atoms with Gasteiger partial charge in [0.15, 0.2) is 0 Å². The molecule has 1 heterocycles. The van der Waals surface area contributed by atoms with Crippen molar-refractivity contribution in [1.82, 2.24) is 15.5 Å². The van der Waals surface area contributed by atoms with Gasteiger partial charge in [-0.3, -0.25) is 5.10 Å². The van der Waals surface area contributed by atoms with Crippen LogP contribution >= 0.6 is 0 Å². The normalized spacial score (nSPS) is 13.6. The summed E-state index contributed by atoms with van der Waals surface area (Å²) in [7, 11) is 0.